The molecule has 0 N–H and O–H groups in total. The highest BCUT2D eigenvalue weighted by molar-refractivity contribution is 4.85. The number of hydrogen-bond donors (Lipinski definition) is 0. The van der Waals surface area contributed by atoms with Gasteiger partial charge in [0.15, 0.2) is 0 Å². The van der Waals surface area contributed by atoms with Gasteiger partial charge in [-0.25, -0.2) is 0 Å². The number of hydrogen-bond acceptors (Lipinski definition) is 4. The molecule has 0 aromatic heterocycles. The Morgan fingerprint density at radius 2 is 1.43 bits per heavy atom. The van der Waals surface area contributed by atoms with Crippen molar-refractivity contribution in [1.29, 1.82) is 0 Å². The highest BCUT2D eigenvalue weighted by Crippen LogP contribution is 2.25. The van der Waals surface area contributed by atoms with Gasteiger partial charge in [-0.1, -0.05) is 13.8 Å². The van der Waals surface area contributed by atoms with Gasteiger partial charge in [-0.3, -0.25) is 4.90 Å². The second-order valence-corrected chi connectivity index (χ2v) is 7.36. The Kier molecular flexibility index (Phi) is 9.67. The molecule has 0 spiro atoms. The van der Waals surface area contributed by atoms with E-state index in [0.29, 0.717) is 12.2 Å². The number of likely N-dealkylation sites (N-methyl/N-ethyl adjacent to an activating group) is 1. The summed E-state index contributed by atoms with van der Waals surface area (Å²) < 4.78 is 11.6. The molecule has 1 aliphatic heterocycles. The summed E-state index contributed by atoms with van der Waals surface area (Å²) in [4.78, 5) is 5.04. The van der Waals surface area contributed by atoms with Crippen LogP contribution in [0.4, 0.5) is 0 Å². The summed E-state index contributed by atoms with van der Waals surface area (Å²) in [7, 11) is 4.04. The van der Waals surface area contributed by atoms with Gasteiger partial charge in [0.25, 0.3) is 0 Å². The Morgan fingerprint density at radius 3 is 1.96 bits per heavy atom. The molecule has 138 valence electrons. The van der Waals surface area contributed by atoms with E-state index in [4.69, 9.17) is 9.47 Å². The highest BCUT2D eigenvalue weighted by Gasteiger charge is 2.29. The molecule has 0 atom stereocenters. The second kappa shape index (κ2) is 10.7. The summed E-state index contributed by atoms with van der Waals surface area (Å²) in [5, 5.41) is 0. The summed E-state index contributed by atoms with van der Waals surface area (Å²) in [5.74, 6) is 0. The first-order chi connectivity index (χ1) is 11.0. The molecule has 1 heterocycles. The molecule has 0 bridgehead atoms. The highest BCUT2D eigenvalue weighted by atomic mass is 16.5. The van der Waals surface area contributed by atoms with Crippen LogP contribution in [0.2, 0.25) is 0 Å². The van der Waals surface area contributed by atoms with Crippen molar-refractivity contribution in [1.82, 2.24) is 9.80 Å². The second-order valence-electron chi connectivity index (χ2n) is 7.36. The van der Waals surface area contributed by atoms with Crippen molar-refractivity contribution in [3.63, 3.8) is 0 Å². The number of nitrogens with zero attached hydrogens (tertiary/aromatic N) is 2. The first kappa shape index (κ1) is 20.9. The van der Waals surface area contributed by atoms with Crippen LogP contribution in [0.3, 0.4) is 0 Å². The van der Waals surface area contributed by atoms with Gasteiger partial charge < -0.3 is 14.4 Å². The fraction of sp³-hybridized carbons (Fsp3) is 1.00. The van der Waals surface area contributed by atoms with E-state index in [1.165, 1.54) is 26.2 Å². The average Bonchev–Trinajstić information content (AvgIpc) is 2.57. The van der Waals surface area contributed by atoms with Crippen LogP contribution in [0.5, 0.6) is 0 Å². The summed E-state index contributed by atoms with van der Waals surface area (Å²) in [6.07, 6.45) is 6.68. The van der Waals surface area contributed by atoms with Gasteiger partial charge in [-0.05, 0) is 53.0 Å². The summed E-state index contributed by atoms with van der Waals surface area (Å²) in [6.45, 7) is 14.4. The molecule has 0 amide bonds. The number of piperazine rings is 1. The predicted molar refractivity (Wildman–Crippen MR) is 98.1 cm³/mol. The van der Waals surface area contributed by atoms with Crippen LogP contribution in [-0.2, 0) is 9.47 Å². The van der Waals surface area contributed by atoms with Crippen LogP contribution >= 0.6 is 0 Å². The molecule has 23 heavy (non-hydrogen) atoms. The number of methoxy groups -OCH3 is 1. The van der Waals surface area contributed by atoms with Gasteiger partial charge in [0.1, 0.15) is 0 Å². The number of ether oxygens (including phenoxy) is 2. The Bertz CT molecular complexity index is 294. The van der Waals surface area contributed by atoms with Crippen molar-refractivity contribution in [2.45, 2.75) is 77.5 Å². The maximum absolute atomic E-state index is 6.13. The lowest BCUT2D eigenvalue weighted by atomic mass is 9.94. The normalized spacial score (nSPS) is 27.4. The molecule has 2 aliphatic rings. The molecule has 0 aromatic carbocycles. The minimum absolute atomic E-state index is 0.255. The lowest BCUT2D eigenvalue weighted by Gasteiger charge is -2.43. The standard InChI is InChI=1S/C17H34N2O2.C2H6/c1-17(2,19-12-10-18(3)11-13-19)9-14-21-16-7-5-15(20-4)6-8-16;1-2/h15-16H,5-14H2,1-4H3;1-2H3. The first-order valence-electron chi connectivity index (χ1n) is 9.59. The molecule has 2 fully saturated rings. The summed E-state index contributed by atoms with van der Waals surface area (Å²) in [5.41, 5.74) is 0.255. The molecular weight excluding hydrogens is 288 g/mol. The zero-order valence-corrected chi connectivity index (χ0v) is 16.4. The number of rotatable bonds is 6. The monoisotopic (exact) mass is 328 g/mol. The SMILES string of the molecule is CC.COC1CCC(OCCC(C)(C)N2CCN(C)CC2)CC1. The van der Waals surface area contributed by atoms with Crippen LogP contribution in [0.25, 0.3) is 0 Å². The van der Waals surface area contributed by atoms with E-state index in [1.807, 2.05) is 21.0 Å². The first-order valence-corrected chi connectivity index (χ1v) is 9.59. The van der Waals surface area contributed by atoms with Gasteiger partial charge >= 0.3 is 0 Å². The van der Waals surface area contributed by atoms with E-state index in [2.05, 4.69) is 30.7 Å². The Hall–Kier alpha value is -0.160. The van der Waals surface area contributed by atoms with E-state index in [0.717, 1.165) is 38.7 Å². The van der Waals surface area contributed by atoms with Crippen molar-refractivity contribution in [3.05, 3.63) is 0 Å². The maximum Gasteiger partial charge on any atom is 0.0577 e. The molecule has 2 rings (SSSR count). The van der Waals surface area contributed by atoms with Gasteiger partial charge in [0.05, 0.1) is 12.2 Å². The van der Waals surface area contributed by atoms with E-state index in [-0.39, 0.29) is 5.54 Å². The van der Waals surface area contributed by atoms with Crippen molar-refractivity contribution in [3.8, 4) is 0 Å². The summed E-state index contributed by atoms with van der Waals surface area (Å²) >= 11 is 0. The van der Waals surface area contributed by atoms with Gasteiger partial charge in [0.2, 0.25) is 0 Å². The molecular formula is C19H40N2O2. The molecule has 1 aliphatic carbocycles. The quantitative estimate of drug-likeness (QED) is 0.746. The molecule has 0 aromatic rings. The molecule has 1 saturated heterocycles. The van der Waals surface area contributed by atoms with Crippen molar-refractivity contribution >= 4 is 0 Å². The van der Waals surface area contributed by atoms with Crippen LogP contribution < -0.4 is 0 Å². The van der Waals surface area contributed by atoms with Crippen LogP contribution in [0, 0.1) is 0 Å². The zero-order valence-electron chi connectivity index (χ0n) is 16.4. The average molecular weight is 329 g/mol. The van der Waals surface area contributed by atoms with Crippen LogP contribution in [-0.4, -0.2) is 74.5 Å². The largest absolute Gasteiger partial charge is 0.381 e. The molecule has 0 unspecified atom stereocenters. The van der Waals surface area contributed by atoms with Crippen LogP contribution in [0.15, 0.2) is 0 Å². The van der Waals surface area contributed by atoms with E-state index >= 15 is 0 Å². The third-order valence-corrected chi connectivity index (χ3v) is 5.38. The minimum atomic E-state index is 0.255. The van der Waals surface area contributed by atoms with Crippen molar-refractivity contribution < 1.29 is 9.47 Å². The fourth-order valence-corrected chi connectivity index (χ4v) is 3.48. The van der Waals surface area contributed by atoms with Crippen molar-refractivity contribution in [2.75, 3.05) is 46.9 Å². The third-order valence-electron chi connectivity index (χ3n) is 5.38. The van der Waals surface area contributed by atoms with E-state index in [9.17, 15) is 0 Å². The lowest BCUT2D eigenvalue weighted by molar-refractivity contribution is -0.0325. The Labute approximate surface area is 144 Å². The third kappa shape index (κ3) is 7.08. The van der Waals surface area contributed by atoms with Crippen molar-refractivity contribution in [2.24, 2.45) is 0 Å². The molecule has 4 heteroatoms. The smallest absolute Gasteiger partial charge is 0.0577 e. The molecule has 4 nitrogen and oxygen atoms in total. The van der Waals surface area contributed by atoms with Gasteiger partial charge in [-0.15, -0.1) is 0 Å². The predicted octanol–water partition coefficient (Wildman–Crippen LogP) is 3.40. The fourth-order valence-electron chi connectivity index (χ4n) is 3.48. The van der Waals surface area contributed by atoms with Crippen LogP contribution in [0.1, 0.15) is 59.8 Å². The van der Waals surface area contributed by atoms with Gasteiger partial charge in [-0.2, -0.15) is 0 Å². The maximum atomic E-state index is 6.13. The molecule has 1 saturated carbocycles. The Balaban J connectivity index is 0.00000127. The van der Waals surface area contributed by atoms with E-state index in [1.54, 1.807) is 0 Å². The zero-order chi connectivity index (χ0) is 17.3. The van der Waals surface area contributed by atoms with E-state index < -0.39 is 0 Å². The lowest BCUT2D eigenvalue weighted by Crippen LogP contribution is -2.54. The topological polar surface area (TPSA) is 24.9 Å². The molecule has 0 radical (unpaired) electrons. The minimum Gasteiger partial charge on any atom is -0.381 e. The van der Waals surface area contributed by atoms with Gasteiger partial charge in [0, 0.05) is 45.4 Å². The summed E-state index contributed by atoms with van der Waals surface area (Å²) in [6, 6.07) is 0. The Morgan fingerprint density at radius 1 is 0.913 bits per heavy atom.